The third-order valence-corrected chi connectivity index (χ3v) is 8.10. The fraction of sp³-hybridized carbons (Fsp3) is 0.538. The number of aryl methyl sites for hydroxylation is 1. The fourth-order valence-corrected chi connectivity index (χ4v) is 6.06. The van der Waals surface area contributed by atoms with Crippen LogP contribution < -0.4 is 10.3 Å². The van der Waals surface area contributed by atoms with Crippen LogP contribution in [0.25, 0.3) is 21.2 Å². The van der Waals surface area contributed by atoms with Crippen LogP contribution in [0.15, 0.2) is 35.4 Å². The zero-order valence-corrected chi connectivity index (χ0v) is 21.0. The van der Waals surface area contributed by atoms with Crippen LogP contribution in [0, 0.1) is 5.92 Å². The summed E-state index contributed by atoms with van der Waals surface area (Å²) < 4.78 is 14.2. The van der Waals surface area contributed by atoms with Crippen molar-refractivity contribution >= 4 is 21.4 Å². The van der Waals surface area contributed by atoms with Gasteiger partial charge in [-0.25, -0.2) is 4.98 Å². The van der Waals surface area contributed by atoms with Crippen molar-refractivity contribution in [3.05, 3.63) is 45.8 Å². The summed E-state index contributed by atoms with van der Waals surface area (Å²) >= 11 is 1.74. The van der Waals surface area contributed by atoms with Crippen LogP contribution in [0.1, 0.15) is 24.1 Å². The molecular formula is C26H34N4O3S. The summed E-state index contributed by atoms with van der Waals surface area (Å²) in [5, 5.41) is 0.799. The molecule has 8 heteroatoms. The largest absolute Gasteiger partial charge is 0.477 e. The molecule has 2 fully saturated rings. The second-order valence-corrected chi connectivity index (χ2v) is 10.7. The summed E-state index contributed by atoms with van der Waals surface area (Å²) in [6, 6.07) is 6.11. The molecule has 2 saturated heterocycles. The molecule has 0 saturated carbocycles. The van der Waals surface area contributed by atoms with Gasteiger partial charge in [-0.05, 0) is 63.0 Å². The first kappa shape index (κ1) is 23.5. The monoisotopic (exact) mass is 482 g/mol. The number of thiophene rings is 1. The van der Waals surface area contributed by atoms with Gasteiger partial charge >= 0.3 is 0 Å². The van der Waals surface area contributed by atoms with Crippen LogP contribution in [0.2, 0.25) is 0 Å². The van der Waals surface area contributed by atoms with E-state index in [9.17, 15) is 4.79 Å². The molecule has 2 aliphatic heterocycles. The predicted molar refractivity (Wildman–Crippen MR) is 137 cm³/mol. The van der Waals surface area contributed by atoms with Gasteiger partial charge in [-0.2, -0.15) is 0 Å². The van der Waals surface area contributed by atoms with Gasteiger partial charge in [-0.3, -0.25) is 9.69 Å². The highest BCUT2D eigenvalue weighted by Gasteiger charge is 2.18. The average molecular weight is 483 g/mol. The number of likely N-dealkylation sites (N-methyl/N-ethyl adjacent to an activating group) is 1. The van der Waals surface area contributed by atoms with Crippen LogP contribution in [0.3, 0.4) is 0 Å². The van der Waals surface area contributed by atoms with Crippen molar-refractivity contribution in [3.8, 4) is 17.0 Å². The lowest BCUT2D eigenvalue weighted by molar-refractivity contribution is 0.0490. The molecule has 0 bridgehead atoms. The van der Waals surface area contributed by atoms with E-state index >= 15 is 0 Å². The van der Waals surface area contributed by atoms with Gasteiger partial charge < -0.3 is 18.9 Å². The Bertz CT molecular complexity index is 1180. The second-order valence-electron chi connectivity index (χ2n) is 9.60. The van der Waals surface area contributed by atoms with E-state index in [4.69, 9.17) is 9.47 Å². The molecule has 0 aromatic carbocycles. The van der Waals surface area contributed by atoms with E-state index in [0.717, 1.165) is 80.0 Å². The molecule has 34 heavy (non-hydrogen) atoms. The Morgan fingerprint density at radius 1 is 1.15 bits per heavy atom. The van der Waals surface area contributed by atoms with Crippen LogP contribution in [0.4, 0.5) is 0 Å². The number of hydrogen-bond donors (Lipinski definition) is 0. The molecule has 0 spiro atoms. The normalized spacial score (nSPS) is 18.9. The van der Waals surface area contributed by atoms with Gasteiger partial charge in [0.2, 0.25) is 5.88 Å². The Kier molecular flexibility index (Phi) is 7.29. The van der Waals surface area contributed by atoms with Crippen LogP contribution in [-0.2, 0) is 18.3 Å². The summed E-state index contributed by atoms with van der Waals surface area (Å²) in [7, 11) is 4.02. The molecule has 182 valence electrons. The zero-order valence-electron chi connectivity index (χ0n) is 20.2. The molecule has 2 aliphatic rings. The Morgan fingerprint density at radius 3 is 2.85 bits per heavy atom. The Morgan fingerprint density at radius 2 is 2.00 bits per heavy atom. The van der Waals surface area contributed by atoms with Crippen molar-refractivity contribution < 1.29 is 9.47 Å². The number of rotatable bonds is 6. The summed E-state index contributed by atoms with van der Waals surface area (Å²) in [6.07, 6.45) is 7.00. The number of nitrogens with zero attached hydrogens (tertiary/aromatic N) is 4. The first-order chi connectivity index (χ1) is 16.6. The van der Waals surface area contributed by atoms with Crippen molar-refractivity contribution in [1.29, 1.82) is 0 Å². The third-order valence-electron chi connectivity index (χ3n) is 6.95. The van der Waals surface area contributed by atoms with E-state index in [0.29, 0.717) is 18.4 Å². The van der Waals surface area contributed by atoms with E-state index in [1.807, 2.05) is 25.4 Å². The first-order valence-electron chi connectivity index (χ1n) is 12.3. The molecule has 3 aromatic heterocycles. The zero-order chi connectivity index (χ0) is 23.5. The van der Waals surface area contributed by atoms with Gasteiger partial charge in [0.25, 0.3) is 5.56 Å². The van der Waals surface area contributed by atoms with E-state index in [-0.39, 0.29) is 5.56 Å². The van der Waals surface area contributed by atoms with Crippen molar-refractivity contribution in [2.24, 2.45) is 13.0 Å². The molecular weight excluding hydrogens is 448 g/mol. The van der Waals surface area contributed by atoms with Gasteiger partial charge in [-0.1, -0.05) is 0 Å². The quantitative estimate of drug-likeness (QED) is 0.535. The van der Waals surface area contributed by atoms with Gasteiger partial charge in [0, 0.05) is 73.5 Å². The van der Waals surface area contributed by atoms with Crippen molar-refractivity contribution in [3.63, 3.8) is 0 Å². The lowest BCUT2D eigenvalue weighted by Gasteiger charge is -2.21. The van der Waals surface area contributed by atoms with Crippen LogP contribution in [0.5, 0.6) is 5.88 Å². The van der Waals surface area contributed by atoms with E-state index in [1.54, 1.807) is 22.1 Å². The maximum atomic E-state index is 13.0. The lowest BCUT2D eigenvalue weighted by Crippen LogP contribution is -2.28. The Balaban J connectivity index is 1.40. The van der Waals surface area contributed by atoms with E-state index in [1.165, 1.54) is 11.3 Å². The summed E-state index contributed by atoms with van der Waals surface area (Å²) in [6.45, 7) is 7.58. The number of aromatic nitrogens is 2. The minimum absolute atomic E-state index is 0.0573. The maximum Gasteiger partial charge on any atom is 0.259 e. The summed E-state index contributed by atoms with van der Waals surface area (Å²) in [5.74, 6) is 1.15. The number of pyridine rings is 2. The molecule has 0 aliphatic carbocycles. The molecule has 0 N–H and O–H groups in total. The number of hydrogen-bond acceptors (Lipinski definition) is 7. The van der Waals surface area contributed by atoms with Gasteiger partial charge in [0.1, 0.15) is 0 Å². The van der Waals surface area contributed by atoms with Crippen molar-refractivity contribution in [1.82, 2.24) is 19.4 Å². The standard InChI is InChI=1S/C26H34N4O3S/c1-28-8-3-9-30(11-10-28)16-21-15-22-25(34-21)23(17-29(2)26(22)31)20-4-7-27-24(14-20)33-18-19-5-12-32-13-6-19/h4,7,14-15,17,19H,3,5-6,8-13,16,18H2,1-2H3. The van der Waals surface area contributed by atoms with E-state index < -0.39 is 0 Å². The minimum Gasteiger partial charge on any atom is -0.477 e. The molecule has 5 heterocycles. The van der Waals surface area contributed by atoms with Crippen LogP contribution >= 0.6 is 11.3 Å². The highest BCUT2D eigenvalue weighted by Crippen LogP contribution is 2.34. The predicted octanol–water partition coefficient (Wildman–Crippen LogP) is 3.60. The molecule has 0 atom stereocenters. The topological polar surface area (TPSA) is 59.8 Å². The second kappa shape index (κ2) is 10.6. The number of ether oxygens (including phenoxy) is 2. The van der Waals surface area contributed by atoms with Crippen molar-refractivity contribution in [2.75, 3.05) is 53.0 Å². The average Bonchev–Trinajstić information content (AvgIpc) is 3.17. The van der Waals surface area contributed by atoms with Gasteiger partial charge in [-0.15, -0.1) is 11.3 Å². The Labute approximate surface area is 204 Å². The fourth-order valence-electron chi connectivity index (χ4n) is 4.84. The van der Waals surface area contributed by atoms with Gasteiger partial charge in [0.15, 0.2) is 0 Å². The van der Waals surface area contributed by atoms with Gasteiger partial charge in [0.05, 0.1) is 12.0 Å². The Hall–Kier alpha value is -2.26. The van der Waals surface area contributed by atoms with Crippen LogP contribution in [-0.4, -0.2) is 72.4 Å². The molecule has 0 amide bonds. The molecule has 5 rings (SSSR count). The summed E-state index contributed by atoms with van der Waals surface area (Å²) in [4.78, 5) is 23.5. The molecule has 0 unspecified atom stereocenters. The highest BCUT2D eigenvalue weighted by molar-refractivity contribution is 7.19. The molecule has 7 nitrogen and oxygen atoms in total. The highest BCUT2D eigenvalue weighted by atomic mass is 32.1. The minimum atomic E-state index is 0.0573. The van der Waals surface area contributed by atoms with Crippen molar-refractivity contribution in [2.45, 2.75) is 25.8 Å². The van der Waals surface area contributed by atoms with E-state index in [2.05, 4.69) is 27.9 Å². The molecule has 3 aromatic rings. The SMILES string of the molecule is CN1CCCN(Cc2cc3c(=O)n(C)cc(-c4ccnc(OCC5CCOCC5)c4)c3s2)CC1. The number of fused-ring (bicyclic) bond motifs is 1. The third kappa shape index (κ3) is 5.35. The lowest BCUT2D eigenvalue weighted by atomic mass is 10.0. The maximum absolute atomic E-state index is 13.0. The molecule has 0 radical (unpaired) electrons. The smallest absolute Gasteiger partial charge is 0.259 e. The summed E-state index contributed by atoms with van der Waals surface area (Å²) in [5.41, 5.74) is 2.14. The first-order valence-corrected chi connectivity index (χ1v) is 13.1.